The minimum absolute atomic E-state index is 0.0344. The highest BCUT2D eigenvalue weighted by Gasteiger charge is 2.70. The lowest BCUT2D eigenvalue weighted by molar-refractivity contribution is -0.210. The lowest BCUT2D eigenvalue weighted by Gasteiger charge is -2.70. The normalized spacial score (nSPS) is 44.9. The van der Waals surface area contributed by atoms with Gasteiger partial charge in [0.15, 0.2) is 5.78 Å². The van der Waals surface area contributed by atoms with Gasteiger partial charge in [0.1, 0.15) is 11.9 Å². The van der Waals surface area contributed by atoms with Gasteiger partial charge in [-0.05, 0) is 109 Å². The van der Waals surface area contributed by atoms with Gasteiger partial charge in [0.25, 0.3) is 0 Å². The number of nitrogens with zero attached hydrogens (tertiary/aromatic N) is 1. The molecule has 43 heavy (non-hydrogen) atoms. The molecular weight excluding hydrogens is 536 g/mol. The Morgan fingerprint density at radius 3 is 2.33 bits per heavy atom. The maximum absolute atomic E-state index is 14.6. The summed E-state index contributed by atoms with van der Waals surface area (Å²) in [7, 11) is 0. The molecule has 9 atom stereocenters. The highest BCUT2D eigenvalue weighted by atomic mass is 16.5. The number of ether oxygens (including phenoxy) is 1. The number of ketones is 1. The summed E-state index contributed by atoms with van der Waals surface area (Å²) in [5.41, 5.74) is 0.277. The number of aromatic nitrogens is 1. The summed E-state index contributed by atoms with van der Waals surface area (Å²) < 4.78 is 5.87. The molecule has 1 N–H and O–H groups in total. The van der Waals surface area contributed by atoms with Crippen LogP contribution < -0.4 is 5.32 Å². The average Bonchev–Trinajstić information content (AvgIpc) is 2.93. The van der Waals surface area contributed by atoms with Crippen molar-refractivity contribution in [1.82, 2.24) is 4.98 Å². The van der Waals surface area contributed by atoms with E-state index in [0.29, 0.717) is 17.5 Å². The van der Waals surface area contributed by atoms with Crippen LogP contribution in [0.1, 0.15) is 113 Å². The van der Waals surface area contributed by atoms with Crippen LogP contribution in [0.2, 0.25) is 0 Å². The molecule has 5 aliphatic carbocycles. The van der Waals surface area contributed by atoms with Crippen LogP contribution in [-0.2, 0) is 19.1 Å². The number of amides is 1. The average molecular weight is 589 g/mol. The van der Waals surface area contributed by atoms with E-state index in [1.807, 2.05) is 18.2 Å². The van der Waals surface area contributed by atoms with Crippen molar-refractivity contribution < 1.29 is 19.1 Å². The summed E-state index contributed by atoms with van der Waals surface area (Å²) in [5, 5.41) is 3.09. The number of pyridine rings is 1. The third kappa shape index (κ3) is 4.31. The molecule has 1 amide bonds. The molecular formula is C37H52N2O4. The highest BCUT2D eigenvalue weighted by Crippen LogP contribution is 2.75. The second kappa shape index (κ2) is 9.75. The predicted octanol–water partition coefficient (Wildman–Crippen LogP) is 7.93. The van der Waals surface area contributed by atoms with E-state index in [4.69, 9.17) is 4.74 Å². The SMILES string of the molecule is CC(=O)O[C@@H]1CC[C@]2(C)[C@H](CC[C@]3(C)[C@@H]2C(=O)C=C2[C@@H]4C[C@](C)(C(=O)Nc5ccccn5)CC[C@]4(C)CC[C@]23C)C1(C)C. The Bertz CT molecular complexity index is 1370. The molecule has 4 fully saturated rings. The molecule has 0 bridgehead atoms. The van der Waals surface area contributed by atoms with Crippen molar-refractivity contribution in [2.45, 2.75) is 119 Å². The fraction of sp³-hybridized carbons (Fsp3) is 0.730. The van der Waals surface area contributed by atoms with Crippen molar-refractivity contribution in [3.8, 4) is 0 Å². The van der Waals surface area contributed by atoms with Crippen molar-refractivity contribution in [2.24, 2.45) is 50.2 Å². The number of esters is 1. The highest BCUT2D eigenvalue weighted by molar-refractivity contribution is 5.96. The molecule has 6 rings (SSSR count). The van der Waals surface area contributed by atoms with Crippen LogP contribution in [0.3, 0.4) is 0 Å². The smallest absolute Gasteiger partial charge is 0.302 e. The molecule has 6 heteroatoms. The van der Waals surface area contributed by atoms with E-state index in [0.717, 1.165) is 57.8 Å². The molecule has 0 unspecified atom stereocenters. The van der Waals surface area contributed by atoms with Crippen LogP contribution in [0.5, 0.6) is 0 Å². The lowest BCUT2D eigenvalue weighted by atomic mass is 9.33. The number of rotatable bonds is 3. The zero-order valence-corrected chi connectivity index (χ0v) is 27.6. The Kier molecular flexibility index (Phi) is 6.92. The first kappa shape index (κ1) is 30.5. The molecule has 0 aromatic carbocycles. The quantitative estimate of drug-likeness (QED) is 0.363. The molecule has 1 aromatic rings. The van der Waals surface area contributed by atoms with Crippen molar-refractivity contribution in [3.63, 3.8) is 0 Å². The minimum Gasteiger partial charge on any atom is -0.462 e. The van der Waals surface area contributed by atoms with E-state index < -0.39 is 5.41 Å². The Labute approximate surface area is 258 Å². The summed E-state index contributed by atoms with van der Waals surface area (Å²) in [4.78, 5) is 44.7. The summed E-state index contributed by atoms with van der Waals surface area (Å²) in [6.07, 6.45) is 12.2. The van der Waals surface area contributed by atoms with Crippen molar-refractivity contribution in [2.75, 3.05) is 5.32 Å². The Hall–Kier alpha value is -2.50. The van der Waals surface area contributed by atoms with Crippen molar-refractivity contribution in [1.29, 1.82) is 0 Å². The minimum atomic E-state index is -0.523. The molecule has 5 aliphatic rings. The lowest BCUT2D eigenvalue weighted by Crippen LogP contribution is -2.66. The van der Waals surface area contributed by atoms with E-state index in [1.165, 1.54) is 12.5 Å². The van der Waals surface area contributed by atoms with Gasteiger partial charge in [-0.3, -0.25) is 14.4 Å². The number of carbonyl (C=O) groups excluding carboxylic acids is 3. The van der Waals surface area contributed by atoms with E-state index in [2.05, 4.69) is 64.8 Å². The van der Waals surface area contributed by atoms with Crippen LogP contribution in [0.25, 0.3) is 0 Å². The largest absolute Gasteiger partial charge is 0.462 e. The summed E-state index contributed by atoms with van der Waals surface area (Å²) in [6.45, 7) is 17.8. The molecule has 1 heterocycles. The van der Waals surface area contributed by atoms with Gasteiger partial charge in [-0.2, -0.15) is 0 Å². The number of hydrogen-bond donors (Lipinski definition) is 1. The number of nitrogens with one attached hydrogen (secondary N) is 1. The van der Waals surface area contributed by atoms with Crippen LogP contribution in [0.15, 0.2) is 36.0 Å². The van der Waals surface area contributed by atoms with Crippen molar-refractivity contribution >= 4 is 23.5 Å². The van der Waals surface area contributed by atoms with Gasteiger partial charge >= 0.3 is 5.97 Å². The predicted molar refractivity (Wildman–Crippen MR) is 168 cm³/mol. The third-order valence-corrected chi connectivity index (χ3v) is 14.3. The van der Waals surface area contributed by atoms with Gasteiger partial charge in [0, 0.05) is 29.9 Å². The Morgan fingerprint density at radius 2 is 1.65 bits per heavy atom. The molecule has 1 aromatic heterocycles. The first-order valence-electron chi connectivity index (χ1n) is 16.7. The van der Waals surface area contributed by atoms with Gasteiger partial charge in [-0.15, -0.1) is 0 Å². The van der Waals surface area contributed by atoms with E-state index in [-0.39, 0.29) is 56.9 Å². The van der Waals surface area contributed by atoms with Gasteiger partial charge in [0.2, 0.25) is 5.91 Å². The molecule has 0 saturated heterocycles. The fourth-order valence-corrected chi connectivity index (χ4v) is 11.5. The monoisotopic (exact) mass is 588 g/mol. The molecule has 0 spiro atoms. The van der Waals surface area contributed by atoms with Gasteiger partial charge in [-0.1, -0.05) is 60.1 Å². The standard InChI is InChI=1S/C37H52N2O4/c1-23(40)43-28-13-14-35(6)27(32(28,2)3)12-15-37(8)30(35)26(41)21-24-25-22-34(5,31(42)39-29-11-9-10-20-38-29)17-16-33(25,4)18-19-36(24,37)7/h9-11,20-21,25,27-28,30H,12-19,22H2,1-8H3,(H,38,39,42)/t25-,27+,28+,30+,33+,34+,35+,36+,37+/m0/s1. The molecule has 234 valence electrons. The fourth-order valence-electron chi connectivity index (χ4n) is 11.5. The number of hydrogen-bond acceptors (Lipinski definition) is 5. The summed E-state index contributed by atoms with van der Waals surface area (Å²) in [5.74, 6) is 1.15. The first-order chi connectivity index (χ1) is 20.0. The van der Waals surface area contributed by atoms with Crippen LogP contribution in [0, 0.1) is 50.2 Å². The van der Waals surface area contributed by atoms with Gasteiger partial charge in [0.05, 0.1) is 0 Å². The number of allylic oxidation sites excluding steroid dienone is 2. The Balaban J connectivity index is 1.36. The molecule has 0 radical (unpaired) electrons. The molecule has 0 aliphatic heterocycles. The summed E-state index contributed by atoms with van der Waals surface area (Å²) >= 11 is 0. The zero-order valence-electron chi connectivity index (χ0n) is 27.6. The maximum Gasteiger partial charge on any atom is 0.302 e. The number of fused-ring (bicyclic) bond motifs is 7. The summed E-state index contributed by atoms with van der Waals surface area (Å²) in [6, 6.07) is 5.59. The van der Waals surface area contributed by atoms with Gasteiger partial charge < -0.3 is 10.1 Å². The third-order valence-electron chi connectivity index (χ3n) is 14.3. The van der Waals surface area contributed by atoms with Crippen LogP contribution >= 0.6 is 0 Å². The van der Waals surface area contributed by atoms with E-state index in [9.17, 15) is 14.4 Å². The van der Waals surface area contributed by atoms with Crippen LogP contribution in [-0.4, -0.2) is 28.7 Å². The van der Waals surface area contributed by atoms with E-state index in [1.54, 1.807) is 6.20 Å². The van der Waals surface area contributed by atoms with Gasteiger partial charge in [-0.25, -0.2) is 4.98 Å². The topological polar surface area (TPSA) is 85.4 Å². The molecule has 6 nitrogen and oxygen atoms in total. The number of carbonyl (C=O) groups is 3. The maximum atomic E-state index is 14.6. The Morgan fingerprint density at radius 1 is 0.930 bits per heavy atom. The number of anilines is 1. The van der Waals surface area contributed by atoms with E-state index >= 15 is 0 Å². The van der Waals surface area contributed by atoms with Crippen molar-refractivity contribution in [3.05, 3.63) is 36.0 Å². The zero-order chi connectivity index (χ0) is 31.2. The first-order valence-corrected chi connectivity index (χ1v) is 16.7. The second-order valence-corrected chi connectivity index (χ2v) is 16.9. The second-order valence-electron chi connectivity index (χ2n) is 16.9. The molecule has 4 saturated carbocycles. The van der Waals surface area contributed by atoms with Crippen LogP contribution in [0.4, 0.5) is 5.82 Å².